The van der Waals surface area contributed by atoms with E-state index in [1.54, 1.807) is 16.8 Å². The maximum atomic E-state index is 14.7. The highest BCUT2D eigenvalue weighted by Crippen LogP contribution is 2.40. The van der Waals surface area contributed by atoms with Crippen LogP contribution in [0.2, 0.25) is 0 Å². The lowest BCUT2D eigenvalue weighted by atomic mass is 9.74. The third kappa shape index (κ3) is 4.40. The lowest BCUT2D eigenvalue weighted by molar-refractivity contribution is 0.0704. The molecule has 0 atom stereocenters. The molecule has 0 saturated carbocycles. The van der Waals surface area contributed by atoms with E-state index in [2.05, 4.69) is 15.4 Å². The van der Waals surface area contributed by atoms with Crippen molar-refractivity contribution in [2.75, 3.05) is 50.4 Å². The Morgan fingerprint density at radius 2 is 1.75 bits per heavy atom. The van der Waals surface area contributed by atoms with Crippen molar-refractivity contribution in [2.45, 2.75) is 18.3 Å². The van der Waals surface area contributed by atoms with Crippen LogP contribution in [-0.4, -0.2) is 65.6 Å². The molecule has 36 heavy (non-hydrogen) atoms. The first kappa shape index (κ1) is 24.5. The molecule has 3 heterocycles. The number of benzene rings is 2. The number of fused-ring (bicyclic) bond motifs is 1. The zero-order valence-electron chi connectivity index (χ0n) is 20.1. The molecule has 3 aromatic rings. The van der Waals surface area contributed by atoms with E-state index in [1.807, 2.05) is 41.5 Å². The Kier molecular flexibility index (Phi) is 6.82. The van der Waals surface area contributed by atoms with Gasteiger partial charge in [0.2, 0.25) is 0 Å². The van der Waals surface area contributed by atoms with Gasteiger partial charge in [0.1, 0.15) is 11.3 Å². The van der Waals surface area contributed by atoms with Crippen molar-refractivity contribution in [1.82, 2.24) is 14.2 Å². The summed E-state index contributed by atoms with van der Waals surface area (Å²) in [6.07, 6.45) is 4.51. The van der Waals surface area contributed by atoms with Crippen LogP contribution in [0.25, 0.3) is 10.9 Å². The van der Waals surface area contributed by atoms with Crippen LogP contribution in [-0.2, 0) is 5.41 Å². The predicted octanol–water partition coefficient (Wildman–Crippen LogP) is 4.61. The van der Waals surface area contributed by atoms with E-state index in [-0.39, 0.29) is 16.8 Å². The second-order valence-electron chi connectivity index (χ2n) is 9.26. The van der Waals surface area contributed by atoms with Gasteiger partial charge in [-0.15, -0.1) is 0 Å². The SMILES string of the molecule is CSN1CCN(C(=O)c2cnc3c(F)cc(F)cc3c2N2CCC(C#N)(c3ccccc3)CC2)CC1. The molecule has 1 amide bonds. The van der Waals surface area contributed by atoms with Crippen LogP contribution < -0.4 is 4.90 Å². The number of halogens is 2. The van der Waals surface area contributed by atoms with Gasteiger partial charge in [-0.25, -0.2) is 13.1 Å². The number of carbonyl (C=O) groups excluding carboxylic acids is 1. The number of nitrogens with zero attached hydrogens (tertiary/aromatic N) is 5. The van der Waals surface area contributed by atoms with E-state index in [0.29, 0.717) is 50.3 Å². The number of anilines is 1. The molecule has 9 heteroatoms. The molecular weight excluding hydrogens is 480 g/mol. The Balaban J connectivity index is 1.53. The minimum Gasteiger partial charge on any atom is -0.370 e. The molecule has 5 rings (SSSR count). The topological polar surface area (TPSA) is 63.5 Å². The molecular formula is C27H27F2N5OS. The standard InChI is InChI=1S/C27H27F2N5OS/c1-36-34-13-11-33(12-14-34)26(35)22-17-31-24-21(15-20(28)16-23(24)29)25(22)32-9-7-27(18-30,8-10-32)19-5-3-2-4-6-19/h2-6,15-17H,7-14H2,1H3. The highest BCUT2D eigenvalue weighted by atomic mass is 32.2. The van der Waals surface area contributed by atoms with Crippen molar-refractivity contribution in [3.63, 3.8) is 0 Å². The van der Waals surface area contributed by atoms with Gasteiger partial charge in [-0.3, -0.25) is 9.78 Å². The van der Waals surface area contributed by atoms with Crippen molar-refractivity contribution in [1.29, 1.82) is 5.26 Å². The van der Waals surface area contributed by atoms with Crippen LogP contribution in [0.15, 0.2) is 48.7 Å². The molecule has 0 radical (unpaired) electrons. The van der Waals surface area contributed by atoms with Crippen LogP contribution in [0, 0.1) is 23.0 Å². The number of piperazine rings is 1. The van der Waals surface area contributed by atoms with Gasteiger partial charge >= 0.3 is 0 Å². The minimum absolute atomic E-state index is 0.0373. The average Bonchev–Trinajstić information content (AvgIpc) is 2.92. The van der Waals surface area contributed by atoms with Crippen molar-refractivity contribution in [2.24, 2.45) is 0 Å². The third-order valence-electron chi connectivity index (χ3n) is 7.35. The van der Waals surface area contributed by atoms with E-state index in [0.717, 1.165) is 24.7 Å². The summed E-state index contributed by atoms with van der Waals surface area (Å²) in [4.78, 5) is 21.7. The average molecular weight is 508 g/mol. The maximum Gasteiger partial charge on any atom is 0.257 e. The third-order valence-corrected chi connectivity index (χ3v) is 8.23. The predicted molar refractivity (Wildman–Crippen MR) is 138 cm³/mol. The van der Waals surface area contributed by atoms with Gasteiger partial charge < -0.3 is 9.80 Å². The molecule has 0 N–H and O–H groups in total. The number of pyridine rings is 1. The Labute approximate surface area is 213 Å². The summed E-state index contributed by atoms with van der Waals surface area (Å²) in [6.45, 7) is 3.58. The fourth-order valence-corrected chi connectivity index (χ4v) is 5.82. The van der Waals surface area contributed by atoms with Crippen LogP contribution in [0.5, 0.6) is 0 Å². The summed E-state index contributed by atoms with van der Waals surface area (Å²) < 4.78 is 31.3. The second-order valence-corrected chi connectivity index (χ2v) is 10.1. The highest BCUT2D eigenvalue weighted by molar-refractivity contribution is 7.96. The molecule has 0 bridgehead atoms. The second kappa shape index (κ2) is 10.0. The largest absolute Gasteiger partial charge is 0.370 e. The molecule has 6 nitrogen and oxygen atoms in total. The van der Waals surface area contributed by atoms with Crippen LogP contribution in [0.4, 0.5) is 14.5 Å². The number of carbonyl (C=O) groups is 1. The summed E-state index contributed by atoms with van der Waals surface area (Å²) >= 11 is 1.65. The smallest absolute Gasteiger partial charge is 0.257 e. The summed E-state index contributed by atoms with van der Waals surface area (Å²) in [5.74, 6) is -1.66. The molecule has 1 aromatic heterocycles. The Bertz CT molecular complexity index is 1310. The van der Waals surface area contributed by atoms with Crippen LogP contribution in [0.3, 0.4) is 0 Å². The lowest BCUT2D eigenvalue weighted by Crippen LogP contribution is -2.47. The first-order valence-corrected chi connectivity index (χ1v) is 13.2. The fraction of sp³-hybridized carbons (Fsp3) is 0.370. The van der Waals surface area contributed by atoms with E-state index in [1.165, 1.54) is 12.3 Å². The lowest BCUT2D eigenvalue weighted by Gasteiger charge is -2.40. The van der Waals surface area contributed by atoms with Gasteiger partial charge in [0.25, 0.3) is 5.91 Å². The summed E-state index contributed by atoms with van der Waals surface area (Å²) in [5.41, 5.74) is 1.20. The first-order valence-electron chi connectivity index (χ1n) is 12.0. The Morgan fingerprint density at radius 1 is 1.06 bits per heavy atom. The van der Waals surface area contributed by atoms with E-state index in [9.17, 15) is 18.8 Å². The zero-order valence-corrected chi connectivity index (χ0v) is 20.9. The minimum atomic E-state index is -0.758. The summed E-state index contributed by atoms with van der Waals surface area (Å²) in [7, 11) is 0. The molecule has 0 unspecified atom stereocenters. The quantitative estimate of drug-likeness (QED) is 0.481. The van der Waals surface area contributed by atoms with Crippen molar-refractivity contribution < 1.29 is 13.6 Å². The van der Waals surface area contributed by atoms with Crippen molar-refractivity contribution >= 4 is 34.4 Å². The first-order chi connectivity index (χ1) is 17.5. The van der Waals surface area contributed by atoms with Crippen molar-refractivity contribution in [3.05, 3.63) is 71.4 Å². The zero-order chi connectivity index (χ0) is 25.3. The van der Waals surface area contributed by atoms with Crippen molar-refractivity contribution in [3.8, 4) is 6.07 Å². The Morgan fingerprint density at radius 3 is 2.39 bits per heavy atom. The number of piperidine rings is 1. The van der Waals surface area contributed by atoms with E-state index < -0.39 is 17.0 Å². The number of hydrogen-bond donors (Lipinski definition) is 0. The molecule has 2 aromatic carbocycles. The number of nitriles is 1. The molecule has 2 fully saturated rings. The number of amides is 1. The molecule has 0 spiro atoms. The molecule has 2 aliphatic heterocycles. The van der Waals surface area contributed by atoms with Crippen LogP contribution >= 0.6 is 11.9 Å². The normalized spacial score (nSPS) is 18.3. The van der Waals surface area contributed by atoms with E-state index in [4.69, 9.17) is 0 Å². The highest BCUT2D eigenvalue weighted by Gasteiger charge is 2.38. The molecule has 2 aliphatic rings. The van der Waals surface area contributed by atoms with Crippen LogP contribution in [0.1, 0.15) is 28.8 Å². The van der Waals surface area contributed by atoms with Gasteiger partial charge in [-0.1, -0.05) is 42.3 Å². The van der Waals surface area contributed by atoms with Gasteiger partial charge in [0.05, 0.1) is 22.7 Å². The summed E-state index contributed by atoms with van der Waals surface area (Å²) in [5, 5.41) is 10.4. The van der Waals surface area contributed by atoms with E-state index >= 15 is 0 Å². The Hall–Kier alpha value is -3.22. The molecule has 186 valence electrons. The summed E-state index contributed by atoms with van der Waals surface area (Å²) in [6, 6.07) is 14.3. The van der Waals surface area contributed by atoms with Gasteiger partial charge in [0.15, 0.2) is 5.82 Å². The molecule has 2 saturated heterocycles. The number of hydrogen-bond acceptors (Lipinski definition) is 6. The number of aromatic nitrogens is 1. The monoisotopic (exact) mass is 507 g/mol. The van der Waals surface area contributed by atoms with Gasteiger partial charge in [-0.05, 0) is 30.7 Å². The maximum absolute atomic E-state index is 14.7. The van der Waals surface area contributed by atoms with Gasteiger partial charge in [-0.2, -0.15) is 5.26 Å². The van der Waals surface area contributed by atoms with Gasteiger partial charge in [0, 0.05) is 56.9 Å². The molecule has 0 aliphatic carbocycles. The fourth-order valence-electron chi connectivity index (χ4n) is 5.29. The number of rotatable bonds is 4.